The Hall–Kier alpha value is -1.19. The summed E-state index contributed by atoms with van der Waals surface area (Å²) in [6.07, 6.45) is 7.30. The number of ether oxygens (including phenoxy) is 1. The summed E-state index contributed by atoms with van der Waals surface area (Å²) in [6.45, 7) is 18.3. The number of rotatable bonds is 19. The largest absolute Gasteiger partial charge is 1.00 e. The van der Waals surface area contributed by atoms with E-state index in [4.69, 9.17) is 14.7 Å². The smallest absolute Gasteiger partial charge is 0.534 e. The Bertz CT molecular complexity index is 1080. The molecule has 0 radical (unpaired) electrons. The molecule has 1 amide bonds. The second-order valence-electron chi connectivity index (χ2n) is 10.4. The fourth-order valence-corrected chi connectivity index (χ4v) is 4.18. The molecule has 0 aromatic heterocycles. The first-order valence-electron chi connectivity index (χ1n) is 16.1. The van der Waals surface area contributed by atoms with Gasteiger partial charge in [-0.05, 0) is 114 Å². The van der Waals surface area contributed by atoms with Gasteiger partial charge in [0.25, 0.3) is 0 Å². The van der Waals surface area contributed by atoms with Crippen molar-refractivity contribution < 1.29 is 84.0 Å². The van der Waals surface area contributed by atoms with Crippen LogP contribution in [0.2, 0.25) is 0 Å². The zero-order valence-electron chi connectivity index (χ0n) is 30.2. The van der Waals surface area contributed by atoms with Crippen LogP contribution in [0.4, 0.5) is 18.9 Å². The van der Waals surface area contributed by atoms with Gasteiger partial charge in [0.2, 0.25) is 6.41 Å². The van der Waals surface area contributed by atoms with E-state index >= 15 is 0 Å². The maximum absolute atomic E-state index is 12.6. The van der Waals surface area contributed by atoms with E-state index in [2.05, 4.69) is 55.0 Å². The Balaban J connectivity index is -0.000000662. The van der Waals surface area contributed by atoms with Crippen LogP contribution in [0.5, 0.6) is 5.75 Å². The van der Waals surface area contributed by atoms with Crippen LogP contribution < -0.4 is 66.2 Å². The fourth-order valence-electron chi connectivity index (χ4n) is 3.43. The molecular formula is C36H57F3KN3O4S. The summed E-state index contributed by atoms with van der Waals surface area (Å²) in [5, 5.41) is 9.54. The zero-order chi connectivity index (χ0) is 35.9. The van der Waals surface area contributed by atoms with E-state index in [1.165, 1.54) is 42.8 Å². The van der Waals surface area contributed by atoms with Gasteiger partial charge in [-0.2, -0.15) is 13.2 Å². The van der Waals surface area contributed by atoms with Crippen LogP contribution in [0.1, 0.15) is 85.6 Å². The van der Waals surface area contributed by atoms with Crippen molar-refractivity contribution in [2.75, 3.05) is 32.1 Å². The molecular weight excluding hydrogens is 667 g/mol. The van der Waals surface area contributed by atoms with Gasteiger partial charge in [-0.15, -0.1) is 13.1 Å². The Labute approximate surface area is 334 Å². The van der Waals surface area contributed by atoms with Crippen LogP contribution in [-0.4, -0.2) is 44.4 Å². The average molecular weight is 724 g/mol. The molecule has 0 bridgehead atoms. The maximum Gasteiger partial charge on any atom is 1.00 e. The van der Waals surface area contributed by atoms with Crippen molar-refractivity contribution in [2.45, 2.75) is 97.2 Å². The van der Waals surface area contributed by atoms with Crippen LogP contribution in [-0.2, 0) is 15.8 Å². The van der Waals surface area contributed by atoms with Gasteiger partial charge in [0.05, 0.1) is 12.2 Å². The predicted molar refractivity (Wildman–Crippen MR) is 192 cm³/mol. The SMILES string of the molecule is C=CC(CC)C/C=C(\C)CC.CC(C)O[N-]CCCCCNSc1cccc(C(F)(F)F)c1.CCOc1ccc(NC=O)cc1.CO.[K+]. The van der Waals surface area contributed by atoms with Gasteiger partial charge in [-0.3, -0.25) is 9.52 Å². The van der Waals surface area contributed by atoms with E-state index in [-0.39, 0.29) is 57.5 Å². The van der Waals surface area contributed by atoms with Crippen molar-refractivity contribution in [1.29, 1.82) is 0 Å². The standard InChI is InChI=1S/C15H22F3N2OS.C11H20.C9H11NO2.CH4O.K/c1-12(2)21-19-9-4-3-5-10-20-22-14-8-6-7-13(11-14)15(16,17)18;1-5-10(4)8-9-11(6-2)7-3;1-2-12-9-5-3-8(4-6-9)10-7-11;1-2;/h6-8,11-12,20H,3-5,9-10H2,1-2H3;6,8,11H,2,5,7,9H2,1,3-4H3;3-7H,2H2,1H3,(H,10,11);2H,1H3;/q-1;;;;+1/b;10-8+;;;. The molecule has 268 valence electrons. The van der Waals surface area contributed by atoms with Crippen molar-refractivity contribution in [3.8, 4) is 5.75 Å². The molecule has 2 aromatic carbocycles. The van der Waals surface area contributed by atoms with Gasteiger partial charge in [0, 0.05) is 30.3 Å². The van der Waals surface area contributed by atoms with E-state index < -0.39 is 11.7 Å². The number of nitrogens with one attached hydrogen (secondary N) is 2. The molecule has 0 aliphatic carbocycles. The molecule has 7 nitrogen and oxygen atoms in total. The third kappa shape index (κ3) is 29.7. The molecule has 0 spiro atoms. The molecule has 0 fully saturated rings. The average Bonchev–Trinajstić information content (AvgIpc) is 3.06. The summed E-state index contributed by atoms with van der Waals surface area (Å²) >= 11 is 1.22. The number of benzene rings is 2. The minimum absolute atomic E-state index is 0. The molecule has 48 heavy (non-hydrogen) atoms. The summed E-state index contributed by atoms with van der Waals surface area (Å²) in [5.74, 6) is 1.49. The van der Waals surface area contributed by atoms with Crippen LogP contribution in [0, 0.1) is 5.92 Å². The Kier molecular flexibility index (Phi) is 36.5. The number of carbonyl (C=O) groups excluding carboxylic acids is 1. The minimum Gasteiger partial charge on any atom is -0.534 e. The van der Waals surface area contributed by atoms with E-state index in [1.807, 2.05) is 32.9 Å². The first kappa shape index (κ1) is 51.2. The van der Waals surface area contributed by atoms with Gasteiger partial charge >= 0.3 is 57.6 Å². The molecule has 0 saturated carbocycles. The van der Waals surface area contributed by atoms with Crippen molar-refractivity contribution in [2.24, 2.45) is 5.92 Å². The summed E-state index contributed by atoms with van der Waals surface area (Å²) < 4.78 is 46.0. The van der Waals surface area contributed by atoms with Crippen molar-refractivity contribution in [1.82, 2.24) is 4.72 Å². The Morgan fingerprint density at radius 3 is 2.25 bits per heavy atom. The van der Waals surface area contributed by atoms with Crippen LogP contribution in [0.3, 0.4) is 0 Å². The van der Waals surface area contributed by atoms with Crippen LogP contribution in [0.15, 0.2) is 77.7 Å². The van der Waals surface area contributed by atoms with Gasteiger partial charge in [-0.25, -0.2) is 0 Å². The number of halogens is 3. The summed E-state index contributed by atoms with van der Waals surface area (Å²) in [5.41, 5.74) is 5.58. The van der Waals surface area contributed by atoms with Crippen LogP contribution in [0.25, 0.3) is 5.48 Å². The monoisotopic (exact) mass is 723 g/mol. The molecule has 12 heteroatoms. The molecule has 0 saturated heterocycles. The van der Waals surface area contributed by atoms with Gasteiger partial charge in [0.15, 0.2) is 0 Å². The third-order valence-corrected chi connectivity index (χ3v) is 7.08. The second kappa shape index (κ2) is 34.3. The Morgan fingerprint density at radius 2 is 1.73 bits per heavy atom. The molecule has 2 rings (SSSR count). The zero-order valence-corrected chi connectivity index (χ0v) is 34.2. The topological polar surface area (TPSA) is 93.9 Å². The number of carbonyl (C=O) groups is 1. The predicted octanol–water partition coefficient (Wildman–Crippen LogP) is 7.40. The van der Waals surface area contributed by atoms with E-state index in [9.17, 15) is 18.0 Å². The minimum atomic E-state index is -4.29. The Morgan fingerprint density at radius 1 is 1.06 bits per heavy atom. The quantitative estimate of drug-likeness (QED) is 0.0350. The first-order chi connectivity index (χ1) is 22.5. The normalized spacial score (nSPS) is 11.3. The first-order valence-corrected chi connectivity index (χ1v) is 16.9. The number of anilines is 1. The summed E-state index contributed by atoms with van der Waals surface area (Å²) in [7, 11) is 1.00. The van der Waals surface area contributed by atoms with Crippen molar-refractivity contribution in [3.63, 3.8) is 0 Å². The number of nitrogens with zero attached hydrogens (tertiary/aromatic N) is 1. The molecule has 1 unspecified atom stereocenters. The number of alkyl halides is 3. The van der Waals surface area contributed by atoms with E-state index in [0.29, 0.717) is 30.4 Å². The van der Waals surface area contributed by atoms with Gasteiger partial charge < -0.3 is 25.5 Å². The number of hydrogen-bond acceptors (Lipinski definition) is 6. The molecule has 1 atom stereocenters. The molecule has 0 aliphatic heterocycles. The number of aliphatic hydroxyl groups is 1. The number of hydrogen-bond donors (Lipinski definition) is 3. The van der Waals surface area contributed by atoms with Crippen molar-refractivity contribution in [3.05, 3.63) is 83.9 Å². The van der Waals surface area contributed by atoms with Gasteiger partial charge in [0.1, 0.15) is 5.75 Å². The number of allylic oxidation sites excluding steroid dienone is 3. The molecule has 2 aromatic rings. The number of unbranched alkanes of at least 4 members (excludes halogenated alkanes) is 2. The fraction of sp³-hybridized carbons (Fsp3) is 0.528. The van der Waals surface area contributed by atoms with E-state index in [1.54, 1.807) is 18.2 Å². The maximum atomic E-state index is 12.6. The van der Waals surface area contributed by atoms with E-state index in [0.717, 1.165) is 56.5 Å². The number of amides is 1. The van der Waals surface area contributed by atoms with Crippen LogP contribution >= 0.6 is 11.9 Å². The second-order valence-corrected chi connectivity index (χ2v) is 11.3. The van der Waals surface area contributed by atoms with Gasteiger partial charge in [-0.1, -0.05) is 50.5 Å². The summed E-state index contributed by atoms with van der Waals surface area (Å²) in [6, 6.07) is 12.5. The van der Waals surface area contributed by atoms with Crippen molar-refractivity contribution >= 4 is 24.0 Å². The summed E-state index contributed by atoms with van der Waals surface area (Å²) in [4.78, 5) is 15.7. The number of hydroxylamine groups is 1. The molecule has 0 heterocycles. The third-order valence-electron chi connectivity index (χ3n) is 6.24. The number of aliphatic hydroxyl groups excluding tert-OH is 1. The molecule has 0 aliphatic rings. The molecule has 3 N–H and O–H groups in total.